The van der Waals surface area contributed by atoms with E-state index in [-0.39, 0.29) is 29.3 Å². The summed E-state index contributed by atoms with van der Waals surface area (Å²) in [4.78, 5) is 15.5. The number of hydrogen-bond donors (Lipinski definition) is 4. The molecule has 0 amide bonds. The van der Waals surface area contributed by atoms with Gasteiger partial charge in [0, 0.05) is 59.9 Å². The molecule has 0 radical (unpaired) electrons. The molecule has 3 saturated heterocycles. The minimum atomic E-state index is -0.642. The van der Waals surface area contributed by atoms with Crippen molar-refractivity contribution in [2.75, 3.05) is 57.1 Å². The molecule has 2 aromatic heterocycles. The van der Waals surface area contributed by atoms with Gasteiger partial charge in [0.2, 0.25) is 5.88 Å². The van der Waals surface area contributed by atoms with Crippen LogP contribution in [0.15, 0.2) is 11.6 Å². The van der Waals surface area contributed by atoms with E-state index < -0.39 is 5.41 Å². The van der Waals surface area contributed by atoms with E-state index in [0.29, 0.717) is 53.2 Å². The molecule has 4 atom stereocenters. The van der Waals surface area contributed by atoms with Crippen molar-refractivity contribution < 1.29 is 14.6 Å². The minimum Gasteiger partial charge on any atom is -0.504 e. The number of likely N-dealkylation sites (tertiary alicyclic amines) is 1. The van der Waals surface area contributed by atoms with Crippen LogP contribution in [0.1, 0.15) is 80.1 Å². The van der Waals surface area contributed by atoms with Gasteiger partial charge in [-0.1, -0.05) is 0 Å². The first-order valence-corrected chi connectivity index (χ1v) is 17.2. The number of aromatic nitrogens is 2. The lowest BCUT2D eigenvalue weighted by atomic mass is 9.60. The predicted octanol–water partition coefficient (Wildman–Crippen LogP) is 4.17. The maximum absolute atomic E-state index is 12.0. The molecule has 4 fully saturated rings. The molecule has 2 aromatic rings. The van der Waals surface area contributed by atoms with Crippen LogP contribution >= 0.6 is 11.3 Å². The molecule has 5 heterocycles. The molecule has 12 heteroatoms. The number of thiophene rings is 1. The van der Waals surface area contributed by atoms with Gasteiger partial charge in [-0.15, -0.1) is 11.3 Å². The van der Waals surface area contributed by atoms with E-state index in [2.05, 4.69) is 35.2 Å². The number of nitrogen functional groups attached to an aromatic ring is 1. The average molecular weight is 633 g/mol. The first-order chi connectivity index (χ1) is 21.8. The lowest BCUT2D eigenvalue weighted by molar-refractivity contribution is 0.116. The Morgan fingerprint density at radius 1 is 1.27 bits per heavy atom. The number of allylic oxidation sites excluding steroid dienone is 1. The van der Waals surface area contributed by atoms with Gasteiger partial charge in [-0.05, 0) is 83.9 Å². The zero-order valence-corrected chi connectivity index (χ0v) is 27.1. The van der Waals surface area contributed by atoms with Crippen molar-refractivity contribution in [3.63, 3.8) is 0 Å². The quantitative estimate of drug-likeness (QED) is 0.353. The molecular formula is C33H44N8O3S. The molecule has 240 valence electrons. The number of nitrogens with one attached hydrogen (secondary N) is 2. The van der Waals surface area contributed by atoms with Crippen molar-refractivity contribution in [1.29, 1.82) is 10.7 Å². The van der Waals surface area contributed by atoms with Gasteiger partial charge >= 0.3 is 0 Å². The first-order valence-electron chi connectivity index (χ1n) is 16.4. The lowest BCUT2D eigenvalue weighted by Gasteiger charge is -2.45. The normalized spacial score (nSPS) is 30.5. The highest BCUT2D eigenvalue weighted by Crippen LogP contribution is 2.52. The number of piperazine rings is 1. The Morgan fingerprint density at radius 2 is 2.09 bits per heavy atom. The van der Waals surface area contributed by atoms with Crippen LogP contribution in [0, 0.1) is 16.7 Å². The molecule has 0 unspecified atom stereocenters. The number of fused-ring (bicyclic) bond motifs is 2. The lowest BCUT2D eigenvalue weighted by Crippen LogP contribution is -2.62. The third-order valence-electron chi connectivity index (χ3n) is 10.9. The number of ether oxygens (including phenoxy) is 2. The number of aliphatic hydroxyl groups excluding tert-OH is 1. The summed E-state index contributed by atoms with van der Waals surface area (Å²) in [6.07, 6.45) is 7.61. The standard InChI is InChI=1S/C33H44N8O3S/c1-20(23-7-5-13-40(23)2)44-26-16-25(41-14-12-37-18-32(41)11-15-43-19-32)38-31(39-26)28(42)21-6-3-9-33(29(21)35)10-4-8-24-27(33)22(17-34)30(36)45-24/h16,20,23,35,37,42H,3-15,18-19,36H2,1-2H3/b28-21-,35-29?/t20-,23-,32-,33-/m0/s1. The summed E-state index contributed by atoms with van der Waals surface area (Å²) in [6.45, 7) is 6.78. The molecule has 0 aromatic carbocycles. The number of nitrogens with two attached hydrogens (primary N) is 1. The van der Waals surface area contributed by atoms with E-state index in [0.717, 1.165) is 88.0 Å². The predicted molar refractivity (Wildman–Crippen MR) is 175 cm³/mol. The van der Waals surface area contributed by atoms with E-state index in [1.54, 1.807) is 0 Å². The molecule has 3 aliphatic heterocycles. The largest absolute Gasteiger partial charge is 0.504 e. The molecular weight excluding hydrogens is 588 g/mol. The summed E-state index contributed by atoms with van der Waals surface area (Å²) in [5, 5.41) is 35.7. The summed E-state index contributed by atoms with van der Waals surface area (Å²) >= 11 is 1.48. The number of rotatable bonds is 5. The van der Waals surface area contributed by atoms with Crippen LogP contribution in [0.2, 0.25) is 0 Å². The number of aryl methyl sites for hydroxylation is 1. The van der Waals surface area contributed by atoms with Gasteiger partial charge < -0.3 is 35.9 Å². The Kier molecular flexibility index (Phi) is 8.01. The number of aliphatic hydroxyl groups is 1. The average Bonchev–Trinajstić information content (AvgIpc) is 3.77. The van der Waals surface area contributed by atoms with Crippen LogP contribution in [-0.2, 0) is 16.6 Å². The highest BCUT2D eigenvalue weighted by atomic mass is 32.1. The Hall–Kier alpha value is -3.24. The Balaban J connectivity index is 1.31. The zero-order valence-electron chi connectivity index (χ0n) is 26.3. The highest BCUT2D eigenvalue weighted by Gasteiger charge is 2.48. The van der Waals surface area contributed by atoms with E-state index in [1.165, 1.54) is 11.3 Å². The topological polar surface area (TPSA) is 157 Å². The van der Waals surface area contributed by atoms with Gasteiger partial charge in [-0.25, -0.2) is 4.98 Å². The van der Waals surface area contributed by atoms with Crippen LogP contribution in [0.4, 0.5) is 10.8 Å². The van der Waals surface area contributed by atoms with Crippen molar-refractivity contribution in [2.24, 2.45) is 0 Å². The summed E-state index contributed by atoms with van der Waals surface area (Å²) in [6, 6.07) is 4.53. The van der Waals surface area contributed by atoms with Crippen molar-refractivity contribution >= 4 is 33.6 Å². The highest BCUT2D eigenvalue weighted by molar-refractivity contribution is 7.16. The summed E-state index contributed by atoms with van der Waals surface area (Å²) in [7, 11) is 2.13. The van der Waals surface area contributed by atoms with Crippen molar-refractivity contribution in [3.05, 3.63) is 33.5 Å². The molecule has 2 aliphatic carbocycles. The molecule has 5 aliphatic rings. The third kappa shape index (κ3) is 5.08. The van der Waals surface area contributed by atoms with Crippen molar-refractivity contribution in [3.8, 4) is 11.9 Å². The SMILES string of the molecule is C[C@H](Oc1cc(N2CCNC[C@]23CCOC3)nc(/C(O)=C2\CCC[C@@]3(CCCc4sc(N)c(C#N)c43)C2=N)n1)[C@@H]1CCCN1C. The van der Waals surface area contributed by atoms with Gasteiger partial charge in [0.15, 0.2) is 11.6 Å². The van der Waals surface area contributed by atoms with Crippen LogP contribution < -0.4 is 20.7 Å². The fraction of sp³-hybridized carbons (Fsp3) is 0.636. The number of likely N-dealkylation sites (N-methyl/N-ethyl adjacent to an activating group) is 1. The van der Waals surface area contributed by atoms with Gasteiger partial charge in [-0.3, -0.25) is 4.90 Å². The van der Waals surface area contributed by atoms with E-state index in [9.17, 15) is 15.8 Å². The van der Waals surface area contributed by atoms with E-state index >= 15 is 0 Å². The van der Waals surface area contributed by atoms with E-state index in [1.807, 2.05) is 6.07 Å². The third-order valence-corrected chi connectivity index (χ3v) is 12.0. The molecule has 1 saturated carbocycles. The van der Waals surface area contributed by atoms with Crippen LogP contribution in [0.5, 0.6) is 5.88 Å². The van der Waals surface area contributed by atoms with Gasteiger partial charge in [0.05, 0.1) is 17.7 Å². The van der Waals surface area contributed by atoms with Crippen molar-refractivity contribution in [2.45, 2.75) is 87.8 Å². The van der Waals surface area contributed by atoms with Crippen LogP contribution in [0.3, 0.4) is 0 Å². The van der Waals surface area contributed by atoms with E-state index in [4.69, 9.17) is 25.2 Å². The first kappa shape index (κ1) is 30.4. The number of hydrogen-bond acceptors (Lipinski definition) is 12. The molecule has 0 bridgehead atoms. The summed E-state index contributed by atoms with van der Waals surface area (Å²) in [5.41, 5.74) is 7.76. The summed E-state index contributed by atoms with van der Waals surface area (Å²) < 4.78 is 12.4. The molecule has 45 heavy (non-hydrogen) atoms. The Bertz CT molecular complexity index is 1560. The Morgan fingerprint density at radius 3 is 2.82 bits per heavy atom. The molecule has 11 nitrogen and oxygen atoms in total. The Labute approximate surface area is 268 Å². The minimum absolute atomic E-state index is 0.0721. The second kappa shape index (κ2) is 11.8. The number of anilines is 2. The molecule has 2 spiro atoms. The second-order valence-corrected chi connectivity index (χ2v) is 14.6. The fourth-order valence-electron chi connectivity index (χ4n) is 8.61. The molecule has 5 N–H and O–H groups in total. The number of nitrogens with zero attached hydrogens (tertiary/aromatic N) is 5. The maximum Gasteiger partial charge on any atom is 0.219 e. The van der Waals surface area contributed by atoms with Crippen LogP contribution in [-0.4, -0.2) is 89.8 Å². The molecule has 7 rings (SSSR count). The monoisotopic (exact) mass is 632 g/mol. The van der Waals surface area contributed by atoms with Gasteiger partial charge in [0.1, 0.15) is 23.0 Å². The van der Waals surface area contributed by atoms with Gasteiger partial charge in [-0.2, -0.15) is 10.2 Å². The zero-order chi connectivity index (χ0) is 31.3. The number of nitriles is 1. The van der Waals surface area contributed by atoms with Crippen molar-refractivity contribution in [1.82, 2.24) is 20.2 Å². The second-order valence-electron chi connectivity index (χ2n) is 13.5. The smallest absolute Gasteiger partial charge is 0.219 e. The fourth-order valence-corrected chi connectivity index (χ4v) is 9.77. The van der Waals surface area contributed by atoms with Gasteiger partial charge in [0.25, 0.3) is 0 Å². The maximum atomic E-state index is 12.0. The summed E-state index contributed by atoms with van der Waals surface area (Å²) in [5.74, 6) is 1.24. The van der Waals surface area contributed by atoms with Crippen LogP contribution in [0.25, 0.3) is 5.76 Å².